The van der Waals surface area contributed by atoms with Crippen LogP contribution >= 0.6 is 0 Å². The molecule has 4 heterocycles. The molecule has 1 N–H and O–H groups in total. The molecular formula is C22H16N4O4. The number of aryl methyl sites for hydroxylation is 2. The van der Waals surface area contributed by atoms with Gasteiger partial charge in [-0.3, -0.25) is 9.48 Å². The summed E-state index contributed by atoms with van der Waals surface area (Å²) in [5.41, 5.74) is 2.89. The zero-order valence-electron chi connectivity index (χ0n) is 16.2. The van der Waals surface area contributed by atoms with Crippen LogP contribution in [0.25, 0.3) is 33.5 Å². The average molecular weight is 400 g/mol. The van der Waals surface area contributed by atoms with Crippen molar-refractivity contribution in [2.24, 2.45) is 7.05 Å². The van der Waals surface area contributed by atoms with Crippen LogP contribution in [-0.2, 0) is 7.05 Å². The van der Waals surface area contributed by atoms with Crippen molar-refractivity contribution in [3.8, 4) is 11.5 Å². The maximum absolute atomic E-state index is 13.2. The van der Waals surface area contributed by atoms with Crippen LogP contribution in [0, 0.1) is 6.92 Å². The highest BCUT2D eigenvalue weighted by Gasteiger charge is 2.20. The van der Waals surface area contributed by atoms with E-state index in [1.54, 1.807) is 60.5 Å². The van der Waals surface area contributed by atoms with Crippen LogP contribution in [0.15, 0.2) is 68.4 Å². The second kappa shape index (κ2) is 6.70. The fourth-order valence-electron chi connectivity index (χ4n) is 3.52. The summed E-state index contributed by atoms with van der Waals surface area (Å²) in [6.45, 7) is 1.84. The number of rotatable bonds is 3. The van der Waals surface area contributed by atoms with Gasteiger partial charge < -0.3 is 14.2 Å². The summed E-state index contributed by atoms with van der Waals surface area (Å²) in [5, 5.41) is 8.71. The van der Waals surface area contributed by atoms with Crippen LogP contribution in [0.3, 0.4) is 0 Å². The number of amides is 1. The minimum Gasteiger partial charge on any atom is -0.463 e. The van der Waals surface area contributed by atoms with Gasteiger partial charge in [-0.15, -0.1) is 0 Å². The molecule has 4 aromatic heterocycles. The number of anilines is 1. The van der Waals surface area contributed by atoms with E-state index >= 15 is 0 Å². The van der Waals surface area contributed by atoms with Gasteiger partial charge in [0.25, 0.3) is 5.91 Å². The summed E-state index contributed by atoms with van der Waals surface area (Å²) in [5.74, 6) is 0.258. The third-order valence-electron chi connectivity index (χ3n) is 4.86. The number of pyridine rings is 1. The van der Waals surface area contributed by atoms with E-state index in [4.69, 9.17) is 8.83 Å². The first-order chi connectivity index (χ1) is 14.5. The zero-order chi connectivity index (χ0) is 20.8. The number of fused-ring (bicyclic) bond motifs is 2. The minimum atomic E-state index is -0.420. The molecule has 8 nitrogen and oxygen atoms in total. The number of nitrogens with zero attached hydrogens (tertiary/aromatic N) is 3. The molecule has 0 bridgehead atoms. The molecule has 0 aliphatic carbocycles. The fourth-order valence-corrected chi connectivity index (χ4v) is 3.52. The van der Waals surface area contributed by atoms with Crippen molar-refractivity contribution in [3.05, 3.63) is 76.5 Å². The first-order valence-corrected chi connectivity index (χ1v) is 9.23. The van der Waals surface area contributed by atoms with Gasteiger partial charge in [0.15, 0.2) is 11.4 Å². The van der Waals surface area contributed by atoms with Crippen LogP contribution < -0.4 is 10.9 Å². The van der Waals surface area contributed by atoms with Crippen LogP contribution in [0.4, 0.5) is 5.69 Å². The molecule has 0 atom stereocenters. The average Bonchev–Trinajstić information content (AvgIpc) is 3.36. The Hall–Kier alpha value is -4.20. The number of hydrogen-bond acceptors (Lipinski definition) is 6. The number of nitrogens with one attached hydrogen (secondary N) is 1. The SMILES string of the molecule is Cc1nn(C)c2nc(-c3ccco3)cc(C(=O)Nc3ccc4oc(=O)ccc4c3)c12. The van der Waals surface area contributed by atoms with E-state index in [0.717, 1.165) is 0 Å². The van der Waals surface area contributed by atoms with Gasteiger partial charge in [-0.1, -0.05) is 0 Å². The van der Waals surface area contributed by atoms with Crippen molar-refractivity contribution in [3.63, 3.8) is 0 Å². The molecule has 1 aromatic carbocycles. The predicted octanol–water partition coefficient (Wildman–Crippen LogP) is 3.90. The standard InChI is InChI=1S/C22H16N4O4/c1-12-20-15(11-16(18-4-3-9-29-18)24-21(20)26(2)25-12)22(28)23-14-6-7-17-13(10-14)5-8-19(27)30-17/h3-11H,1-2H3,(H,23,28). The van der Waals surface area contributed by atoms with Crippen molar-refractivity contribution < 1.29 is 13.6 Å². The minimum absolute atomic E-state index is 0.303. The first kappa shape index (κ1) is 17.9. The molecule has 5 aromatic rings. The lowest BCUT2D eigenvalue weighted by molar-refractivity contribution is 0.102. The topological polar surface area (TPSA) is 103 Å². The number of carbonyl (C=O) groups is 1. The summed E-state index contributed by atoms with van der Waals surface area (Å²) in [7, 11) is 1.78. The number of benzene rings is 1. The Bertz CT molecular complexity index is 1480. The predicted molar refractivity (Wildman–Crippen MR) is 111 cm³/mol. The van der Waals surface area contributed by atoms with Crippen molar-refractivity contribution in [1.29, 1.82) is 0 Å². The van der Waals surface area contributed by atoms with Crippen LogP contribution in [0.5, 0.6) is 0 Å². The highest BCUT2D eigenvalue weighted by atomic mass is 16.4. The van der Waals surface area contributed by atoms with E-state index in [1.165, 1.54) is 6.07 Å². The van der Waals surface area contributed by atoms with Crippen LogP contribution in [0.1, 0.15) is 16.1 Å². The molecule has 0 saturated heterocycles. The number of hydrogen-bond donors (Lipinski definition) is 1. The molecule has 0 aliphatic heterocycles. The monoisotopic (exact) mass is 400 g/mol. The van der Waals surface area contributed by atoms with E-state index in [0.29, 0.717) is 50.4 Å². The van der Waals surface area contributed by atoms with Gasteiger partial charge in [0.1, 0.15) is 11.3 Å². The van der Waals surface area contributed by atoms with Gasteiger partial charge in [0.05, 0.1) is 22.9 Å². The second-order valence-electron chi connectivity index (χ2n) is 6.90. The Kier molecular flexibility index (Phi) is 3.99. The van der Waals surface area contributed by atoms with Crippen LogP contribution in [0.2, 0.25) is 0 Å². The zero-order valence-corrected chi connectivity index (χ0v) is 16.2. The summed E-state index contributed by atoms with van der Waals surface area (Å²) >= 11 is 0. The quantitative estimate of drug-likeness (QED) is 0.461. The van der Waals surface area contributed by atoms with Crippen molar-refractivity contribution >= 4 is 33.6 Å². The lowest BCUT2D eigenvalue weighted by Gasteiger charge is -2.09. The van der Waals surface area contributed by atoms with E-state index in [-0.39, 0.29) is 5.91 Å². The molecule has 0 saturated carbocycles. The summed E-state index contributed by atoms with van der Waals surface area (Å²) in [6.07, 6.45) is 1.56. The lowest BCUT2D eigenvalue weighted by Crippen LogP contribution is -2.13. The Morgan fingerprint density at radius 3 is 2.80 bits per heavy atom. The van der Waals surface area contributed by atoms with Crippen molar-refractivity contribution in [1.82, 2.24) is 14.8 Å². The van der Waals surface area contributed by atoms with E-state index in [1.807, 2.05) is 6.92 Å². The molecule has 5 rings (SSSR count). The highest BCUT2D eigenvalue weighted by Crippen LogP contribution is 2.28. The van der Waals surface area contributed by atoms with Gasteiger partial charge in [-0.2, -0.15) is 5.10 Å². The number of aromatic nitrogens is 3. The number of furan rings is 1. The fraction of sp³-hybridized carbons (Fsp3) is 0.0909. The molecule has 0 radical (unpaired) electrons. The largest absolute Gasteiger partial charge is 0.463 e. The van der Waals surface area contributed by atoms with Gasteiger partial charge in [0, 0.05) is 24.2 Å². The van der Waals surface area contributed by atoms with Gasteiger partial charge in [-0.25, -0.2) is 9.78 Å². The second-order valence-corrected chi connectivity index (χ2v) is 6.90. The Morgan fingerprint density at radius 1 is 1.13 bits per heavy atom. The van der Waals surface area contributed by atoms with Crippen molar-refractivity contribution in [2.45, 2.75) is 6.92 Å². The third-order valence-corrected chi connectivity index (χ3v) is 4.86. The highest BCUT2D eigenvalue weighted by molar-refractivity contribution is 6.13. The molecule has 0 spiro atoms. The van der Waals surface area contributed by atoms with Gasteiger partial charge in [0.2, 0.25) is 0 Å². The molecule has 30 heavy (non-hydrogen) atoms. The first-order valence-electron chi connectivity index (χ1n) is 9.23. The molecular weight excluding hydrogens is 384 g/mol. The van der Waals surface area contributed by atoms with Gasteiger partial charge >= 0.3 is 5.63 Å². The molecule has 148 valence electrons. The molecule has 0 unspecified atom stereocenters. The smallest absolute Gasteiger partial charge is 0.336 e. The van der Waals surface area contributed by atoms with Crippen molar-refractivity contribution in [2.75, 3.05) is 5.32 Å². The summed E-state index contributed by atoms with van der Waals surface area (Å²) in [6, 6.07) is 13.3. The lowest BCUT2D eigenvalue weighted by atomic mass is 10.1. The van der Waals surface area contributed by atoms with E-state index in [9.17, 15) is 9.59 Å². The number of carbonyl (C=O) groups excluding carboxylic acids is 1. The Labute approximate surface area is 169 Å². The third kappa shape index (κ3) is 2.95. The Morgan fingerprint density at radius 2 is 2.00 bits per heavy atom. The summed E-state index contributed by atoms with van der Waals surface area (Å²) < 4.78 is 12.3. The van der Waals surface area contributed by atoms with Gasteiger partial charge in [-0.05, 0) is 49.4 Å². The molecule has 1 amide bonds. The van der Waals surface area contributed by atoms with E-state index in [2.05, 4.69) is 15.4 Å². The van der Waals surface area contributed by atoms with Crippen LogP contribution in [-0.4, -0.2) is 20.7 Å². The normalized spacial score (nSPS) is 11.3. The summed E-state index contributed by atoms with van der Waals surface area (Å²) in [4.78, 5) is 29.2. The molecule has 0 aliphatic rings. The molecule has 8 heteroatoms. The maximum Gasteiger partial charge on any atom is 0.336 e. The Balaban J connectivity index is 1.60. The maximum atomic E-state index is 13.2. The molecule has 0 fully saturated rings. The van der Waals surface area contributed by atoms with E-state index < -0.39 is 5.63 Å².